The van der Waals surface area contributed by atoms with E-state index in [1.807, 2.05) is 0 Å². The Labute approximate surface area is 252 Å². The van der Waals surface area contributed by atoms with Gasteiger partial charge in [0, 0.05) is 31.8 Å². The number of fused-ring (bicyclic) bond motifs is 4. The number of carbonyl (C=O) groups excluding carboxylic acids is 1. The van der Waals surface area contributed by atoms with Crippen molar-refractivity contribution in [1.82, 2.24) is 19.9 Å². The zero-order chi connectivity index (χ0) is 31.4. The van der Waals surface area contributed by atoms with Crippen molar-refractivity contribution in [3.8, 4) is 28.8 Å². The predicted octanol–water partition coefficient (Wildman–Crippen LogP) is 5.81. The lowest BCUT2D eigenvalue weighted by atomic mass is 9.86. The first-order valence-corrected chi connectivity index (χ1v) is 17.3. The normalized spacial score (nSPS) is 16.1. The Morgan fingerprint density at radius 3 is 2.37 bits per heavy atom. The van der Waals surface area contributed by atoms with Crippen molar-refractivity contribution in [1.29, 1.82) is 0 Å². The first-order chi connectivity index (χ1) is 20.1. The number of carbonyl (C=O) groups is 1. The first-order valence-electron chi connectivity index (χ1n) is 13.6. The van der Waals surface area contributed by atoms with E-state index in [0.717, 1.165) is 17.0 Å². The number of anilines is 1. The standard InChI is InChI=1S/C28H34F3N5O5SSi/c1-26(2,3)43(6,7)40-11-10-36-13-27(14-36)21-20(17-9-8-16(28(29,30)31)12-18(17)41-27)34-25(42-21)35-22(37)19-23(38-4)32-15-33-24(19)39-5/h8-9,12,15H,10-11,13-14H2,1-7H3,(H,34,35,37). The predicted molar refractivity (Wildman–Crippen MR) is 158 cm³/mol. The fourth-order valence-corrected chi connectivity index (χ4v) is 6.92. The number of nitrogens with one attached hydrogen (secondary N) is 1. The molecule has 2 aromatic heterocycles. The van der Waals surface area contributed by atoms with Crippen molar-refractivity contribution in [2.45, 2.75) is 50.7 Å². The van der Waals surface area contributed by atoms with Crippen LogP contribution in [0.4, 0.5) is 18.3 Å². The van der Waals surface area contributed by atoms with Gasteiger partial charge in [-0.2, -0.15) is 13.2 Å². The van der Waals surface area contributed by atoms with Gasteiger partial charge in [-0.3, -0.25) is 15.0 Å². The summed E-state index contributed by atoms with van der Waals surface area (Å²) < 4.78 is 63.9. The van der Waals surface area contributed by atoms with Gasteiger partial charge in [0.25, 0.3) is 5.91 Å². The van der Waals surface area contributed by atoms with Gasteiger partial charge in [0.15, 0.2) is 24.6 Å². The van der Waals surface area contributed by atoms with Crippen LogP contribution >= 0.6 is 11.3 Å². The molecular formula is C28H34F3N5O5SSi. The molecule has 0 bridgehead atoms. The molecule has 0 radical (unpaired) electrons. The SMILES string of the molecule is COc1ncnc(OC)c1C(=O)Nc1nc2c(s1)C1(CN(CCO[Si](C)(C)C(C)(C)C)C1)Oc1cc(C(F)(F)F)ccc1-2. The maximum absolute atomic E-state index is 13.6. The number of benzene rings is 1. The molecule has 2 aliphatic rings. The lowest BCUT2D eigenvalue weighted by Gasteiger charge is -2.51. The zero-order valence-corrected chi connectivity index (χ0v) is 26.8. The number of hydrogen-bond acceptors (Lipinski definition) is 10. The third-order valence-corrected chi connectivity index (χ3v) is 13.9. The topological polar surface area (TPSA) is 108 Å². The minimum Gasteiger partial charge on any atom is -0.480 e. The highest BCUT2D eigenvalue weighted by atomic mass is 32.1. The number of thiazole rings is 1. The molecule has 0 unspecified atom stereocenters. The summed E-state index contributed by atoms with van der Waals surface area (Å²) in [6.45, 7) is 13.0. The van der Waals surface area contributed by atoms with Crippen LogP contribution in [-0.4, -0.2) is 74.5 Å². The highest BCUT2D eigenvalue weighted by Gasteiger charge is 2.53. The van der Waals surface area contributed by atoms with E-state index in [1.165, 1.54) is 38.0 Å². The second-order valence-corrected chi connectivity index (χ2v) is 17.9. The lowest BCUT2D eigenvalue weighted by Crippen LogP contribution is -2.63. The third kappa shape index (κ3) is 5.82. The Morgan fingerprint density at radius 2 is 1.79 bits per heavy atom. The number of halogens is 3. The average Bonchev–Trinajstić information content (AvgIpc) is 3.34. The Morgan fingerprint density at radius 1 is 1.14 bits per heavy atom. The van der Waals surface area contributed by atoms with Crippen molar-refractivity contribution in [3.63, 3.8) is 0 Å². The molecule has 0 saturated carbocycles. The minimum atomic E-state index is -4.53. The summed E-state index contributed by atoms with van der Waals surface area (Å²) in [6, 6.07) is 3.37. The molecule has 232 valence electrons. The van der Waals surface area contributed by atoms with E-state index in [9.17, 15) is 18.0 Å². The van der Waals surface area contributed by atoms with Gasteiger partial charge in [-0.05, 0) is 36.3 Å². The van der Waals surface area contributed by atoms with Gasteiger partial charge in [-0.15, -0.1) is 0 Å². The van der Waals surface area contributed by atoms with Gasteiger partial charge in [-0.25, -0.2) is 15.0 Å². The molecule has 15 heteroatoms. The molecular weight excluding hydrogens is 603 g/mol. The first kappa shape index (κ1) is 31.2. The molecule has 5 rings (SSSR count). The van der Waals surface area contributed by atoms with E-state index >= 15 is 0 Å². The molecule has 43 heavy (non-hydrogen) atoms. The molecule has 4 heterocycles. The summed E-state index contributed by atoms with van der Waals surface area (Å²) in [7, 11) is 0.806. The van der Waals surface area contributed by atoms with E-state index in [2.05, 4.69) is 59.0 Å². The third-order valence-electron chi connectivity index (χ3n) is 8.16. The molecule has 10 nitrogen and oxygen atoms in total. The van der Waals surface area contributed by atoms with Crippen molar-refractivity contribution < 1.29 is 36.6 Å². The largest absolute Gasteiger partial charge is 0.480 e. The lowest BCUT2D eigenvalue weighted by molar-refractivity contribution is -0.138. The highest BCUT2D eigenvalue weighted by Crippen LogP contribution is 2.53. The summed E-state index contributed by atoms with van der Waals surface area (Å²) in [4.78, 5) is 28.8. The van der Waals surface area contributed by atoms with Crippen LogP contribution in [0, 0.1) is 0 Å². The molecule has 1 amide bonds. The maximum Gasteiger partial charge on any atom is 0.416 e. The number of hydrogen-bond donors (Lipinski definition) is 1. The quantitative estimate of drug-likeness (QED) is 0.306. The van der Waals surface area contributed by atoms with Crippen LogP contribution < -0.4 is 19.5 Å². The molecule has 1 aromatic carbocycles. The van der Waals surface area contributed by atoms with E-state index in [0.29, 0.717) is 37.5 Å². The van der Waals surface area contributed by atoms with Gasteiger partial charge in [0.1, 0.15) is 12.1 Å². The number of rotatable bonds is 8. The van der Waals surface area contributed by atoms with Crippen LogP contribution in [0.2, 0.25) is 18.1 Å². The number of nitrogens with zero attached hydrogens (tertiary/aromatic N) is 4. The summed E-state index contributed by atoms with van der Waals surface area (Å²) in [5, 5.41) is 3.07. The molecule has 2 aliphatic heterocycles. The van der Waals surface area contributed by atoms with Crippen LogP contribution in [0.15, 0.2) is 24.5 Å². The van der Waals surface area contributed by atoms with Crippen molar-refractivity contribution >= 4 is 30.7 Å². The maximum atomic E-state index is 13.6. The van der Waals surface area contributed by atoms with Crippen LogP contribution in [0.5, 0.6) is 17.5 Å². The summed E-state index contributed by atoms with van der Waals surface area (Å²) >= 11 is 1.21. The van der Waals surface area contributed by atoms with Crippen LogP contribution in [-0.2, 0) is 16.2 Å². The zero-order valence-electron chi connectivity index (χ0n) is 25.0. The molecule has 1 saturated heterocycles. The van der Waals surface area contributed by atoms with Crippen LogP contribution in [0.3, 0.4) is 0 Å². The fraction of sp³-hybridized carbons (Fsp3) is 0.500. The number of methoxy groups -OCH3 is 2. The number of likely N-dealkylation sites (tertiary alicyclic amines) is 1. The van der Waals surface area contributed by atoms with Crippen molar-refractivity contribution in [2.75, 3.05) is 45.8 Å². The Kier molecular flexibility index (Phi) is 7.99. The summed E-state index contributed by atoms with van der Waals surface area (Å²) in [6.07, 6.45) is -3.32. The molecule has 1 fully saturated rings. The van der Waals surface area contributed by atoms with Gasteiger partial charge in [-0.1, -0.05) is 32.1 Å². The van der Waals surface area contributed by atoms with E-state index < -0.39 is 31.6 Å². The Hall–Kier alpha value is -3.27. The summed E-state index contributed by atoms with van der Waals surface area (Å²) in [5.74, 6) is -0.474. The van der Waals surface area contributed by atoms with E-state index in [4.69, 9.17) is 18.6 Å². The number of alkyl halides is 3. The van der Waals surface area contributed by atoms with Gasteiger partial charge >= 0.3 is 6.18 Å². The van der Waals surface area contributed by atoms with Gasteiger partial charge in [0.05, 0.1) is 30.4 Å². The molecule has 1 N–H and O–H groups in total. The second-order valence-electron chi connectivity index (χ2n) is 12.0. The summed E-state index contributed by atoms with van der Waals surface area (Å²) in [5.41, 5.74) is -0.858. The molecule has 1 spiro atoms. The highest BCUT2D eigenvalue weighted by molar-refractivity contribution is 7.16. The van der Waals surface area contributed by atoms with Crippen molar-refractivity contribution in [3.05, 3.63) is 40.5 Å². The van der Waals surface area contributed by atoms with Crippen LogP contribution in [0.1, 0.15) is 41.6 Å². The Bertz CT molecular complexity index is 1510. The van der Waals surface area contributed by atoms with Crippen LogP contribution in [0.25, 0.3) is 11.3 Å². The average molecular weight is 638 g/mol. The van der Waals surface area contributed by atoms with E-state index in [-0.39, 0.29) is 33.2 Å². The van der Waals surface area contributed by atoms with Crippen molar-refractivity contribution in [2.24, 2.45) is 0 Å². The van der Waals surface area contributed by atoms with Gasteiger partial charge in [0.2, 0.25) is 11.8 Å². The number of amides is 1. The smallest absolute Gasteiger partial charge is 0.416 e. The fourth-order valence-electron chi connectivity index (χ4n) is 4.81. The number of ether oxygens (including phenoxy) is 3. The molecule has 3 aromatic rings. The Balaban J connectivity index is 1.43. The molecule has 0 atom stereocenters. The second kappa shape index (κ2) is 11.0. The monoisotopic (exact) mass is 637 g/mol. The van der Waals surface area contributed by atoms with E-state index in [1.54, 1.807) is 0 Å². The minimum absolute atomic E-state index is 0.0154. The molecule has 0 aliphatic carbocycles. The van der Waals surface area contributed by atoms with Gasteiger partial charge < -0.3 is 18.6 Å². The number of aromatic nitrogens is 3.